The number of hydrogen-bond donors (Lipinski definition) is 1. The van der Waals surface area contributed by atoms with E-state index in [1.807, 2.05) is 20.8 Å². The molecule has 0 bridgehead atoms. The molecule has 0 aromatic heterocycles. The molecular formula is C16H30N2O2. The normalized spacial score (nSPS) is 27.1. The Morgan fingerprint density at radius 3 is 2.45 bits per heavy atom. The van der Waals surface area contributed by atoms with Gasteiger partial charge in [0.1, 0.15) is 5.60 Å². The molecule has 0 radical (unpaired) electrons. The lowest BCUT2D eigenvalue weighted by molar-refractivity contribution is 0.000715. The summed E-state index contributed by atoms with van der Waals surface area (Å²) in [4.78, 5) is 13.7. The zero-order valence-electron chi connectivity index (χ0n) is 13.7. The standard InChI is InChI=1S/C16H30N2O2/c1-15(2,3)20-14(19)18-10-12(11-18)17-13-8-6-7-9-16(13,4)5/h12-13,17H,6-11H2,1-5H3. The molecule has 4 heteroatoms. The zero-order valence-corrected chi connectivity index (χ0v) is 13.7. The Morgan fingerprint density at radius 1 is 1.25 bits per heavy atom. The fourth-order valence-corrected chi connectivity index (χ4v) is 3.15. The van der Waals surface area contributed by atoms with Crippen molar-refractivity contribution < 1.29 is 9.53 Å². The van der Waals surface area contributed by atoms with E-state index in [4.69, 9.17) is 4.74 Å². The highest BCUT2D eigenvalue weighted by Crippen LogP contribution is 2.36. The van der Waals surface area contributed by atoms with E-state index < -0.39 is 5.60 Å². The van der Waals surface area contributed by atoms with E-state index in [1.54, 1.807) is 4.90 Å². The fraction of sp³-hybridized carbons (Fsp3) is 0.938. The summed E-state index contributed by atoms with van der Waals surface area (Å²) in [5, 5.41) is 3.74. The van der Waals surface area contributed by atoms with Crippen molar-refractivity contribution in [2.45, 2.75) is 78.0 Å². The van der Waals surface area contributed by atoms with Crippen molar-refractivity contribution in [1.29, 1.82) is 0 Å². The van der Waals surface area contributed by atoms with Crippen LogP contribution >= 0.6 is 0 Å². The maximum Gasteiger partial charge on any atom is 0.410 e. The summed E-state index contributed by atoms with van der Waals surface area (Å²) in [6, 6.07) is 1.02. The topological polar surface area (TPSA) is 41.6 Å². The molecule has 1 saturated carbocycles. The van der Waals surface area contributed by atoms with Gasteiger partial charge in [-0.3, -0.25) is 0 Å². The van der Waals surface area contributed by atoms with Gasteiger partial charge in [0, 0.05) is 25.2 Å². The van der Waals surface area contributed by atoms with E-state index in [1.165, 1.54) is 25.7 Å². The maximum atomic E-state index is 11.9. The van der Waals surface area contributed by atoms with Crippen LogP contribution in [0.3, 0.4) is 0 Å². The molecule has 1 amide bonds. The van der Waals surface area contributed by atoms with Crippen LogP contribution in [0.2, 0.25) is 0 Å². The van der Waals surface area contributed by atoms with Crippen molar-refractivity contribution in [2.75, 3.05) is 13.1 Å². The molecule has 1 atom stereocenters. The summed E-state index contributed by atoms with van der Waals surface area (Å²) in [6.45, 7) is 12.0. The van der Waals surface area contributed by atoms with Gasteiger partial charge < -0.3 is 15.0 Å². The average Bonchev–Trinajstić information content (AvgIpc) is 2.21. The average molecular weight is 282 g/mol. The number of ether oxygens (including phenoxy) is 1. The summed E-state index contributed by atoms with van der Waals surface area (Å²) in [5.41, 5.74) is -0.0223. The molecule has 1 aliphatic heterocycles. The first-order valence-electron chi connectivity index (χ1n) is 7.91. The molecule has 0 aromatic carbocycles. The predicted molar refractivity (Wildman–Crippen MR) is 80.8 cm³/mol. The number of hydrogen-bond acceptors (Lipinski definition) is 3. The van der Waals surface area contributed by atoms with Gasteiger partial charge in [0.2, 0.25) is 0 Å². The van der Waals surface area contributed by atoms with Crippen LogP contribution in [0.4, 0.5) is 4.79 Å². The molecule has 2 rings (SSSR count). The second-order valence-corrected chi connectivity index (χ2v) is 8.04. The van der Waals surface area contributed by atoms with E-state index in [9.17, 15) is 4.79 Å². The molecule has 0 spiro atoms. The molecule has 1 aliphatic carbocycles. The lowest BCUT2D eigenvalue weighted by Gasteiger charge is -2.46. The number of carbonyl (C=O) groups excluding carboxylic acids is 1. The minimum absolute atomic E-state index is 0.182. The Kier molecular flexibility index (Phi) is 4.33. The van der Waals surface area contributed by atoms with Crippen LogP contribution in [0, 0.1) is 5.41 Å². The molecule has 2 fully saturated rings. The summed E-state index contributed by atoms with van der Waals surface area (Å²) in [5.74, 6) is 0. The fourth-order valence-electron chi connectivity index (χ4n) is 3.15. The van der Waals surface area contributed by atoms with Crippen molar-refractivity contribution in [3.8, 4) is 0 Å². The van der Waals surface area contributed by atoms with Crippen LogP contribution < -0.4 is 5.32 Å². The van der Waals surface area contributed by atoms with E-state index in [-0.39, 0.29) is 6.09 Å². The molecular weight excluding hydrogens is 252 g/mol. The van der Waals surface area contributed by atoms with Crippen LogP contribution in [-0.4, -0.2) is 41.8 Å². The Hall–Kier alpha value is -0.770. The summed E-state index contributed by atoms with van der Waals surface area (Å²) < 4.78 is 5.38. The van der Waals surface area contributed by atoms with Crippen molar-refractivity contribution in [1.82, 2.24) is 10.2 Å². The predicted octanol–water partition coefficient (Wildman–Crippen LogP) is 3.16. The van der Waals surface area contributed by atoms with Crippen molar-refractivity contribution in [3.05, 3.63) is 0 Å². The SMILES string of the molecule is CC(C)(C)OC(=O)N1CC(NC2CCCCC2(C)C)C1. The van der Waals surface area contributed by atoms with Gasteiger partial charge in [0.15, 0.2) is 0 Å². The third-order valence-electron chi connectivity index (χ3n) is 4.48. The van der Waals surface area contributed by atoms with Crippen molar-refractivity contribution in [2.24, 2.45) is 5.41 Å². The van der Waals surface area contributed by atoms with E-state index >= 15 is 0 Å². The van der Waals surface area contributed by atoms with Gasteiger partial charge in [0.25, 0.3) is 0 Å². The van der Waals surface area contributed by atoms with Gasteiger partial charge in [-0.2, -0.15) is 0 Å². The Morgan fingerprint density at radius 2 is 1.90 bits per heavy atom. The summed E-state index contributed by atoms with van der Waals surface area (Å²) in [6.07, 6.45) is 5.05. The molecule has 1 heterocycles. The molecule has 20 heavy (non-hydrogen) atoms. The Balaban J connectivity index is 1.75. The quantitative estimate of drug-likeness (QED) is 0.846. The second kappa shape index (κ2) is 5.55. The zero-order chi connectivity index (χ0) is 15.0. The Labute approximate surface area is 123 Å². The number of carbonyl (C=O) groups is 1. The second-order valence-electron chi connectivity index (χ2n) is 8.04. The largest absolute Gasteiger partial charge is 0.444 e. The van der Waals surface area contributed by atoms with Gasteiger partial charge in [0.05, 0.1) is 0 Å². The minimum Gasteiger partial charge on any atom is -0.444 e. The Bertz CT molecular complexity index is 354. The van der Waals surface area contributed by atoms with Crippen LogP contribution in [0.15, 0.2) is 0 Å². The lowest BCUT2D eigenvalue weighted by atomic mass is 9.73. The van der Waals surface area contributed by atoms with Gasteiger partial charge in [-0.05, 0) is 39.0 Å². The smallest absolute Gasteiger partial charge is 0.410 e. The molecule has 1 N–H and O–H groups in total. The third kappa shape index (κ3) is 3.87. The highest BCUT2D eigenvalue weighted by Gasteiger charge is 2.38. The van der Waals surface area contributed by atoms with E-state index in [0.717, 1.165) is 13.1 Å². The first kappa shape index (κ1) is 15.6. The van der Waals surface area contributed by atoms with Crippen LogP contribution in [-0.2, 0) is 4.74 Å². The van der Waals surface area contributed by atoms with Gasteiger partial charge in [-0.1, -0.05) is 26.7 Å². The summed E-state index contributed by atoms with van der Waals surface area (Å²) >= 11 is 0. The molecule has 1 saturated heterocycles. The lowest BCUT2D eigenvalue weighted by Crippen LogP contribution is -2.64. The number of rotatable bonds is 2. The number of amides is 1. The first-order valence-corrected chi connectivity index (χ1v) is 7.91. The van der Waals surface area contributed by atoms with Crippen LogP contribution in [0.25, 0.3) is 0 Å². The van der Waals surface area contributed by atoms with E-state index in [2.05, 4.69) is 19.2 Å². The monoisotopic (exact) mass is 282 g/mol. The number of likely N-dealkylation sites (tertiary alicyclic amines) is 1. The van der Waals surface area contributed by atoms with Crippen molar-refractivity contribution in [3.63, 3.8) is 0 Å². The van der Waals surface area contributed by atoms with Crippen molar-refractivity contribution >= 4 is 6.09 Å². The van der Waals surface area contributed by atoms with Gasteiger partial charge in [-0.15, -0.1) is 0 Å². The highest BCUT2D eigenvalue weighted by atomic mass is 16.6. The van der Waals surface area contributed by atoms with Crippen LogP contribution in [0.1, 0.15) is 60.3 Å². The maximum absolute atomic E-state index is 11.9. The third-order valence-corrected chi connectivity index (χ3v) is 4.48. The minimum atomic E-state index is -0.402. The summed E-state index contributed by atoms with van der Waals surface area (Å²) in [7, 11) is 0. The van der Waals surface area contributed by atoms with Gasteiger partial charge in [-0.25, -0.2) is 4.79 Å². The van der Waals surface area contributed by atoms with Gasteiger partial charge >= 0.3 is 6.09 Å². The number of nitrogens with zero attached hydrogens (tertiary/aromatic N) is 1. The molecule has 1 unspecified atom stereocenters. The number of nitrogens with one attached hydrogen (secondary N) is 1. The molecule has 116 valence electrons. The highest BCUT2D eigenvalue weighted by molar-refractivity contribution is 5.69. The first-order chi connectivity index (χ1) is 9.17. The molecule has 2 aliphatic rings. The molecule has 0 aromatic rings. The molecule has 4 nitrogen and oxygen atoms in total. The van der Waals surface area contributed by atoms with E-state index in [0.29, 0.717) is 17.5 Å². The van der Waals surface area contributed by atoms with Crippen LogP contribution in [0.5, 0.6) is 0 Å².